The second-order valence-electron chi connectivity index (χ2n) is 6.97. The van der Waals surface area contributed by atoms with E-state index in [1.54, 1.807) is 6.07 Å². The summed E-state index contributed by atoms with van der Waals surface area (Å²) in [4.78, 5) is 2.26. The fourth-order valence-electron chi connectivity index (χ4n) is 3.86. The van der Waals surface area contributed by atoms with Crippen LogP contribution < -0.4 is 0 Å². The highest BCUT2D eigenvalue weighted by molar-refractivity contribution is 5.33. The Hall–Kier alpha value is -2.26. The summed E-state index contributed by atoms with van der Waals surface area (Å²) in [6.07, 6.45) is 3.25. The molecule has 2 heterocycles. The Labute approximate surface area is 140 Å². The Bertz CT molecular complexity index is 802. The van der Waals surface area contributed by atoms with Crippen molar-refractivity contribution in [3.63, 3.8) is 0 Å². The normalized spacial score (nSPS) is 22.5. The number of halogens is 1. The Morgan fingerprint density at radius 3 is 2.83 bits per heavy atom. The third-order valence-electron chi connectivity index (χ3n) is 5.45. The average molecular weight is 326 g/mol. The van der Waals surface area contributed by atoms with E-state index in [1.807, 2.05) is 6.92 Å². The van der Waals surface area contributed by atoms with E-state index in [1.165, 1.54) is 12.1 Å². The molecule has 1 atom stereocenters. The van der Waals surface area contributed by atoms with E-state index in [9.17, 15) is 4.39 Å². The molecule has 1 aliphatic heterocycles. The molecule has 4 rings (SSSR count). The molecule has 0 amide bonds. The largest absolute Gasteiger partial charge is 0.425 e. The smallest absolute Gasteiger partial charge is 0.220 e. The minimum atomic E-state index is -0.236. The number of hydrogen-bond acceptors (Lipinski definition) is 5. The van der Waals surface area contributed by atoms with Crippen LogP contribution in [0.1, 0.15) is 48.1 Å². The summed E-state index contributed by atoms with van der Waals surface area (Å²) in [5.41, 5.74) is 1.40. The van der Waals surface area contributed by atoms with Gasteiger partial charge in [-0.25, -0.2) is 4.39 Å². The van der Waals surface area contributed by atoms with Gasteiger partial charge >= 0.3 is 0 Å². The number of nitriles is 1. The van der Waals surface area contributed by atoms with E-state index in [-0.39, 0.29) is 5.82 Å². The fourth-order valence-corrected chi connectivity index (χ4v) is 3.86. The molecule has 2 fully saturated rings. The Balaban J connectivity index is 1.38. The van der Waals surface area contributed by atoms with Gasteiger partial charge in [-0.05, 0) is 56.0 Å². The molecular weight excluding hydrogens is 307 g/mol. The summed E-state index contributed by atoms with van der Waals surface area (Å²) >= 11 is 0. The minimum Gasteiger partial charge on any atom is -0.425 e. The van der Waals surface area contributed by atoms with Crippen LogP contribution >= 0.6 is 0 Å². The first-order chi connectivity index (χ1) is 11.6. The molecule has 1 saturated carbocycles. The van der Waals surface area contributed by atoms with E-state index in [0.29, 0.717) is 34.9 Å². The number of aryl methyl sites for hydroxylation is 1. The summed E-state index contributed by atoms with van der Waals surface area (Å²) < 4.78 is 19.5. The highest BCUT2D eigenvalue weighted by Gasteiger charge is 2.58. The van der Waals surface area contributed by atoms with Crippen molar-refractivity contribution in [3.8, 4) is 6.07 Å². The fraction of sp³-hybridized carbons (Fsp3) is 0.500. The topological polar surface area (TPSA) is 66.0 Å². The number of rotatable bonds is 3. The summed E-state index contributed by atoms with van der Waals surface area (Å²) in [6, 6.07) is 6.63. The van der Waals surface area contributed by atoms with Crippen LogP contribution in [0.3, 0.4) is 0 Å². The first kappa shape index (κ1) is 15.3. The van der Waals surface area contributed by atoms with Gasteiger partial charge in [0.05, 0.1) is 11.6 Å². The molecule has 1 spiro atoms. The van der Waals surface area contributed by atoms with Crippen molar-refractivity contribution in [2.75, 3.05) is 13.1 Å². The highest BCUT2D eigenvalue weighted by atomic mass is 19.1. The average Bonchev–Trinajstić information content (AvgIpc) is 3.11. The lowest BCUT2D eigenvalue weighted by molar-refractivity contribution is 0.158. The molecule has 24 heavy (non-hydrogen) atoms. The third kappa shape index (κ3) is 2.69. The van der Waals surface area contributed by atoms with Gasteiger partial charge in [0.15, 0.2) is 0 Å². The predicted octanol–water partition coefficient (Wildman–Crippen LogP) is 3.16. The van der Waals surface area contributed by atoms with Crippen molar-refractivity contribution in [1.82, 2.24) is 15.1 Å². The molecule has 124 valence electrons. The molecule has 1 aliphatic carbocycles. The molecule has 1 aromatic heterocycles. The van der Waals surface area contributed by atoms with Crippen LogP contribution in [-0.2, 0) is 6.54 Å². The van der Waals surface area contributed by atoms with E-state index >= 15 is 0 Å². The lowest BCUT2D eigenvalue weighted by atomic mass is 9.90. The number of piperidine rings is 1. The van der Waals surface area contributed by atoms with Gasteiger partial charge in [-0.15, -0.1) is 10.2 Å². The Morgan fingerprint density at radius 2 is 2.17 bits per heavy atom. The predicted molar refractivity (Wildman–Crippen MR) is 84.5 cm³/mol. The van der Waals surface area contributed by atoms with Crippen molar-refractivity contribution in [1.29, 1.82) is 5.26 Å². The molecular formula is C18H19FN4O. The number of nitrogens with zero attached hydrogens (tertiary/aromatic N) is 4. The molecule has 0 radical (unpaired) electrons. The molecule has 2 aromatic rings. The van der Waals surface area contributed by atoms with E-state index in [4.69, 9.17) is 9.68 Å². The number of likely N-dealkylation sites (tertiary alicyclic amines) is 1. The SMILES string of the molecule is Cc1nnc(C2CC23CCN(Cc2cc(C#N)ccc2F)CC3)o1. The maximum atomic E-state index is 13.9. The van der Waals surface area contributed by atoms with Gasteiger partial charge < -0.3 is 4.42 Å². The maximum absolute atomic E-state index is 13.9. The molecule has 1 saturated heterocycles. The van der Waals surface area contributed by atoms with Gasteiger partial charge in [0.2, 0.25) is 11.8 Å². The molecule has 0 N–H and O–H groups in total. The molecule has 6 heteroatoms. The number of hydrogen-bond donors (Lipinski definition) is 0. The van der Waals surface area contributed by atoms with Crippen molar-refractivity contribution in [2.24, 2.45) is 5.41 Å². The molecule has 1 aromatic carbocycles. The zero-order chi connectivity index (χ0) is 16.7. The summed E-state index contributed by atoms with van der Waals surface area (Å²) in [5, 5.41) is 17.1. The van der Waals surface area contributed by atoms with Crippen molar-refractivity contribution in [3.05, 3.63) is 46.9 Å². The zero-order valence-corrected chi connectivity index (χ0v) is 13.6. The van der Waals surface area contributed by atoms with Gasteiger partial charge in [0, 0.05) is 24.9 Å². The highest BCUT2D eigenvalue weighted by Crippen LogP contribution is 2.64. The molecule has 1 unspecified atom stereocenters. The lowest BCUT2D eigenvalue weighted by Gasteiger charge is -2.32. The Kier molecular flexibility index (Phi) is 3.61. The van der Waals surface area contributed by atoms with Crippen LogP contribution in [0.5, 0.6) is 0 Å². The summed E-state index contributed by atoms with van der Waals surface area (Å²) in [5.74, 6) is 1.55. The first-order valence-electron chi connectivity index (χ1n) is 8.30. The second kappa shape index (κ2) is 5.67. The van der Waals surface area contributed by atoms with Gasteiger partial charge in [0.1, 0.15) is 5.82 Å². The van der Waals surface area contributed by atoms with E-state index in [0.717, 1.165) is 38.2 Å². The standard InChI is InChI=1S/C18H19FN4O/c1-12-21-22-17(24-12)15-9-18(15)4-6-23(7-5-18)11-14-8-13(10-20)2-3-16(14)19/h2-3,8,15H,4-7,9,11H2,1H3. The third-order valence-corrected chi connectivity index (χ3v) is 5.45. The molecule has 2 aliphatic rings. The van der Waals surface area contributed by atoms with Crippen LogP contribution in [0.4, 0.5) is 4.39 Å². The van der Waals surface area contributed by atoms with Gasteiger partial charge in [0.25, 0.3) is 0 Å². The minimum absolute atomic E-state index is 0.236. The molecule has 5 nitrogen and oxygen atoms in total. The van der Waals surface area contributed by atoms with Crippen molar-refractivity contribution in [2.45, 2.75) is 38.6 Å². The number of benzene rings is 1. The first-order valence-corrected chi connectivity index (χ1v) is 8.30. The van der Waals surface area contributed by atoms with Crippen LogP contribution in [-0.4, -0.2) is 28.2 Å². The summed E-state index contributed by atoms with van der Waals surface area (Å²) in [6.45, 7) is 4.24. The van der Waals surface area contributed by atoms with Crippen LogP contribution in [0.2, 0.25) is 0 Å². The second-order valence-corrected chi connectivity index (χ2v) is 6.97. The van der Waals surface area contributed by atoms with Crippen LogP contribution in [0.25, 0.3) is 0 Å². The van der Waals surface area contributed by atoms with Crippen molar-refractivity contribution >= 4 is 0 Å². The van der Waals surface area contributed by atoms with E-state index < -0.39 is 0 Å². The van der Waals surface area contributed by atoms with Crippen LogP contribution in [0.15, 0.2) is 22.6 Å². The quantitative estimate of drug-likeness (QED) is 0.867. The van der Waals surface area contributed by atoms with Crippen molar-refractivity contribution < 1.29 is 8.81 Å². The summed E-state index contributed by atoms with van der Waals surface area (Å²) in [7, 11) is 0. The maximum Gasteiger partial charge on any atom is 0.220 e. The van der Waals surface area contributed by atoms with Gasteiger partial charge in [-0.3, -0.25) is 4.90 Å². The van der Waals surface area contributed by atoms with E-state index in [2.05, 4.69) is 21.2 Å². The van der Waals surface area contributed by atoms with Gasteiger partial charge in [-0.1, -0.05) is 0 Å². The monoisotopic (exact) mass is 326 g/mol. The van der Waals surface area contributed by atoms with Gasteiger partial charge in [-0.2, -0.15) is 5.26 Å². The zero-order valence-electron chi connectivity index (χ0n) is 13.6. The Morgan fingerprint density at radius 1 is 1.38 bits per heavy atom. The lowest BCUT2D eigenvalue weighted by Crippen LogP contribution is -2.34. The molecule has 0 bridgehead atoms. The van der Waals surface area contributed by atoms with Crippen LogP contribution in [0, 0.1) is 29.5 Å². The number of aromatic nitrogens is 2.